The van der Waals surface area contributed by atoms with Gasteiger partial charge in [-0.25, -0.2) is 9.67 Å². The molecular formula is C27H43N8O3+. The standard InChI is InChI=1S/C27H42N8O3/c1-19(38-4)17-34(14-6-5-9-22-11-10-21-8-7-13-28-25(21)31-22)15-12-24(20(2)36)32-27-23-16-30-33(3)26(23)29-18-35(27)37/h10-11,16,18-20,24,36-37H,5-9,12-15,17H2,1-4H3,(H,28,31)/p+1/t19-,20?,24+/m1/s1. The highest BCUT2D eigenvalue weighted by molar-refractivity contribution is 5.84. The second kappa shape index (κ2) is 13.2. The van der Waals surface area contributed by atoms with Crippen LogP contribution < -0.4 is 15.4 Å². The van der Waals surface area contributed by atoms with E-state index in [4.69, 9.17) is 9.72 Å². The number of pyridine rings is 1. The normalized spacial score (nSPS) is 15.7. The first kappa shape index (κ1) is 28.0. The number of hydrogen-bond donors (Lipinski definition) is 4. The van der Waals surface area contributed by atoms with Crippen LogP contribution in [0.1, 0.15) is 50.8 Å². The first-order valence-electron chi connectivity index (χ1n) is 13.7. The van der Waals surface area contributed by atoms with E-state index < -0.39 is 6.10 Å². The van der Waals surface area contributed by atoms with Gasteiger partial charge in [0.1, 0.15) is 11.2 Å². The number of methoxy groups -OCH3 is 1. The highest BCUT2D eigenvalue weighted by atomic mass is 16.5. The monoisotopic (exact) mass is 527 g/mol. The number of rotatable bonds is 14. The van der Waals surface area contributed by atoms with Crippen LogP contribution in [0.25, 0.3) is 11.0 Å². The molecule has 11 nitrogen and oxygen atoms in total. The first-order valence-corrected chi connectivity index (χ1v) is 13.7. The fourth-order valence-corrected chi connectivity index (χ4v) is 5.00. The number of aliphatic hydroxyl groups excluding tert-OH is 1. The number of aliphatic hydroxyl groups is 1. The minimum Gasteiger partial charge on any atom is -0.390 e. The number of nitrogens with zero attached hydrogens (tertiary/aromatic N) is 6. The Balaban J connectivity index is 1.34. The van der Waals surface area contributed by atoms with E-state index in [0.717, 1.165) is 68.1 Å². The zero-order valence-corrected chi connectivity index (χ0v) is 23.1. The maximum Gasteiger partial charge on any atom is 0.274 e. The molecule has 0 amide bonds. The lowest BCUT2D eigenvalue weighted by Gasteiger charge is -2.28. The van der Waals surface area contributed by atoms with Gasteiger partial charge in [0.15, 0.2) is 0 Å². The molecule has 1 unspecified atom stereocenters. The summed E-state index contributed by atoms with van der Waals surface area (Å²) in [6.45, 7) is 7.38. The lowest BCUT2D eigenvalue weighted by atomic mass is 10.1. The van der Waals surface area contributed by atoms with Gasteiger partial charge in [0, 0.05) is 39.5 Å². The van der Waals surface area contributed by atoms with Crippen molar-refractivity contribution in [3.05, 3.63) is 35.9 Å². The SMILES string of the molecule is CO[C@H](C)CN(CCCCc1ccc2c(n1)NCCC2)CC[C@H](Nc1c2cnn(C)c2nc[n+]1O)C(C)O. The number of aryl methyl sites for hydroxylation is 3. The third-order valence-electron chi connectivity index (χ3n) is 7.37. The molecule has 0 saturated carbocycles. The predicted octanol–water partition coefficient (Wildman–Crippen LogP) is 2.16. The van der Waals surface area contributed by atoms with Crippen molar-refractivity contribution in [2.45, 2.75) is 70.6 Å². The molecule has 4 N–H and O–H groups in total. The van der Waals surface area contributed by atoms with Gasteiger partial charge in [0.25, 0.3) is 12.1 Å². The molecule has 11 heteroatoms. The van der Waals surface area contributed by atoms with Crippen LogP contribution in [0.2, 0.25) is 0 Å². The van der Waals surface area contributed by atoms with Gasteiger partial charge in [-0.1, -0.05) is 15.8 Å². The molecule has 3 aromatic heterocycles. The Hall–Kier alpha value is -3.02. The molecular weight excluding hydrogens is 484 g/mol. The summed E-state index contributed by atoms with van der Waals surface area (Å²) >= 11 is 0. The first-order chi connectivity index (χ1) is 18.4. The second-order valence-corrected chi connectivity index (χ2v) is 10.4. The molecule has 0 aliphatic carbocycles. The van der Waals surface area contributed by atoms with E-state index in [9.17, 15) is 10.3 Å². The quantitative estimate of drug-likeness (QED) is 0.142. The zero-order chi connectivity index (χ0) is 27.1. The number of hydrogen-bond acceptors (Lipinski definition) is 9. The van der Waals surface area contributed by atoms with Crippen molar-refractivity contribution in [1.29, 1.82) is 0 Å². The van der Waals surface area contributed by atoms with Gasteiger partial charge in [-0.15, -0.1) is 0 Å². The molecule has 0 spiro atoms. The third kappa shape index (κ3) is 7.09. The lowest BCUT2D eigenvalue weighted by molar-refractivity contribution is -0.894. The number of nitrogens with one attached hydrogen (secondary N) is 2. The average molecular weight is 528 g/mol. The molecule has 1 aliphatic rings. The van der Waals surface area contributed by atoms with Gasteiger partial charge in [0.05, 0.1) is 24.4 Å². The van der Waals surface area contributed by atoms with E-state index >= 15 is 0 Å². The van der Waals surface area contributed by atoms with Gasteiger partial charge >= 0.3 is 0 Å². The van der Waals surface area contributed by atoms with Crippen molar-refractivity contribution in [1.82, 2.24) is 24.6 Å². The van der Waals surface area contributed by atoms with Crippen LogP contribution in [0.3, 0.4) is 0 Å². The Morgan fingerprint density at radius 1 is 1.26 bits per heavy atom. The molecule has 0 aromatic carbocycles. The Morgan fingerprint density at radius 3 is 2.89 bits per heavy atom. The molecule has 0 saturated heterocycles. The highest BCUT2D eigenvalue weighted by Gasteiger charge is 2.25. The van der Waals surface area contributed by atoms with Crippen LogP contribution in [0, 0.1) is 0 Å². The lowest BCUT2D eigenvalue weighted by Crippen LogP contribution is -2.43. The van der Waals surface area contributed by atoms with Gasteiger partial charge < -0.3 is 25.3 Å². The predicted molar refractivity (Wildman–Crippen MR) is 146 cm³/mol. The van der Waals surface area contributed by atoms with Gasteiger partial charge in [-0.2, -0.15) is 5.10 Å². The topological polar surface area (TPSA) is 124 Å². The highest BCUT2D eigenvalue weighted by Crippen LogP contribution is 2.21. The Kier molecular flexibility index (Phi) is 9.70. The summed E-state index contributed by atoms with van der Waals surface area (Å²) in [5.74, 6) is 1.53. The van der Waals surface area contributed by atoms with Crippen LogP contribution >= 0.6 is 0 Å². The molecule has 208 valence electrons. The van der Waals surface area contributed by atoms with Crippen LogP contribution in [0.15, 0.2) is 24.7 Å². The fourth-order valence-electron chi connectivity index (χ4n) is 5.00. The van der Waals surface area contributed by atoms with E-state index in [2.05, 4.69) is 44.7 Å². The van der Waals surface area contributed by atoms with Crippen LogP contribution in [0.4, 0.5) is 11.6 Å². The van der Waals surface area contributed by atoms with E-state index in [1.165, 1.54) is 18.3 Å². The third-order valence-corrected chi connectivity index (χ3v) is 7.37. The van der Waals surface area contributed by atoms with E-state index in [1.807, 2.05) is 0 Å². The van der Waals surface area contributed by atoms with Crippen molar-refractivity contribution in [3.63, 3.8) is 0 Å². The maximum absolute atomic E-state index is 10.6. The number of anilines is 2. The molecule has 4 heterocycles. The maximum atomic E-state index is 10.6. The Morgan fingerprint density at radius 2 is 2.11 bits per heavy atom. The minimum absolute atomic E-state index is 0.108. The van der Waals surface area contributed by atoms with Crippen molar-refractivity contribution in [2.75, 3.05) is 43.9 Å². The van der Waals surface area contributed by atoms with Crippen molar-refractivity contribution in [2.24, 2.45) is 7.05 Å². The van der Waals surface area contributed by atoms with Crippen LogP contribution in [0.5, 0.6) is 0 Å². The van der Waals surface area contributed by atoms with Gasteiger partial charge in [-0.3, -0.25) is 5.32 Å². The Bertz CT molecular complexity index is 1180. The van der Waals surface area contributed by atoms with E-state index in [0.29, 0.717) is 23.3 Å². The van der Waals surface area contributed by atoms with E-state index in [-0.39, 0.29) is 12.1 Å². The summed E-state index contributed by atoms with van der Waals surface area (Å²) in [5.41, 5.74) is 3.12. The van der Waals surface area contributed by atoms with Crippen LogP contribution in [-0.4, -0.2) is 86.5 Å². The molecule has 0 fully saturated rings. The smallest absolute Gasteiger partial charge is 0.274 e. The van der Waals surface area contributed by atoms with E-state index in [1.54, 1.807) is 32.0 Å². The number of aromatic nitrogens is 5. The molecule has 1 aliphatic heterocycles. The van der Waals surface area contributed by atoms with Gasteiger partial charge in [-0.05, 0) is 70.5 Å². The molecule has 0 bridgehead atoms. The van der Waals surface area contributed by atoms with Crippen molar-refractivity contribution >= 4 is 22.7 Å². The number of unbranched alkanes of at least 4 members (excludes halogenated alkanes) is 1. The fraction of sp³-hybridized carbons (Fsp3) is 0.630. The van der Waals surface area contributed by atoms with Crippen LogP contribution in [-0.2, 0) is 24.6 Å². The van der Waals surface area contributed by atoms with Crippen molar-refractivity contribution < 1.29 is 19.8 Å². The second-order valence-electron chi connectivity index (χ2n) is 10.4. The molecule has 3 atom stereocenters. The average Bonchev–Trinajstić information content (AvgIpc) is 3.29. The zero-order valence-electron chi connectivity index (χ0n) is 23.1. The summed E-state index contributed by atoms with van der Waals surface area (Å²) in [5, 5.41) is 32.7. The largest absolute Gasteiger partial charge is 0.390 e. The minimum atomic E-state index is -0.625. The Labute approximate surface area is 224 Å². The number of fused-ring (bicyclic) bond motifs is 2. The molecule has 3 aromatic rings. The van der Waals surface area contributed by atoms with Gasteiger partial charge in [0.2, 0.25) is 5.65 Å². The van der Waals surface area contributed by atoms with Crippen molar-refractivity contribution in [3.8, 4) is 0 Å². The number of ether oxygens (including phenoxy) is 1. The summed E-state index contributed by atoms with van der Waals surface area (Å²) < 4.78 is 8.16. The summed E-state index contributed by atoms with van der Waals surface area (Å²) in [6.07, 6.45) is 8.52. The summed E-state index contributed by atoms with van der Waals surface area (Å²) in [6, 6.07) is 4.12. The molecule has 0 radical (unpaired) electrons. The molecule has 4 rings (SSSR count). The summed E-state index contributed by atoms with van der Waals surface area (Å²) in [4.78, 5) is 11.5. The molecule has 38 heavy (non-hydrogen) atoms. The summed E-state index contributed by atoms with van der Waals surface area (Å²) in [7, 11) is 3.54.